The summed E-state index contributed by atoms with van der Waals surface area (Å²) in [4.78, 5) is 10.9. The number of rotatable bonds is 4. The second kappa shape index (κ2) is 8.80. The molecule has 0 spiro atoms. The number of nitrogens with two attached hydrogens (primary N) is 1. The van der Waals surface area contributed by atoms with Gasteiger partial charge >= 0.3 is 23.0 Å². The van der Waals surface area contributed by atoms with Crippen LogP contribution in [0.15, 0.2) is 16.9 Å². The third kappa shape index (κ3) is 9.31. The molecule has 84 valence electrons. The van der Waals surface area contributed by atoms with Crippen molar-refractivity contribution < 1.29 is 26.6 Å². The maximum absolute atomic E-state index is 10.9. The van der Waals surface area contributed by atoms with Crippen LogP contribution in [0.4, 0.5) is 0 Å². The van der Waals surface area contributed by atoms with E-state index >= 15 is 0 Å². The van der Waals surface area contributed by atoms with Crippen molar-refractivity contribution in [2.24, 2.45) is 10.8 Å². The van der Waals surface area contributed by atoms with E-state index in [-0.39, 0.29) is 22.2 Å². The number of esters is 1. The summed E-state index contributed by atoms with van der Waals surface area (Å²) in [5.41, 5.74) is 8.10. The predicted molar refractivity (Wildman–Crippen MR) is 52.5 cm³/mol. The standard InChI is InChI=1S/C7H13N3O2S.Cu/c1-3-12-6(11)4-5(2)9-10-7(8)13;/h4,9H,3H2,1-2H3,(H3,8,10,13);/q;+1/p-1/b5-4-;. The van der Waals surface area contributed by atoms with Crippen LogP contribution in [-0.2, 0) is 39.2 Å². The van der Waals surface area contributed by atoms with E-state index in [9.17, 15) is 4.79 Å². The van der Waals surface area contributed by atoms with E-state index in [0.29, 0.717) is 12.3 Å². The van der Waals surface area contributed by atoms with Crippen molar-refractivity contribution in [1.82, 2.24) is 5.43 Å². The Morgan fingerprint density at radius 3 is 2.71 bits per heavy atom. The van der Waals surface area contributed by atoms with Crippen LogP contribution < -0.4 is 11.2 Å². The summed E-state index contributed by atoms with van der Waals surface area (Å²) in [6, 6.07) is 0. The zero-order valence-corrected chi connectivity index (χ0v) is 9.59. The van der Waals surface area contributed by atoms with Crippen LogP contribution in [0, 0.1) is 0 Å². The fourth-order valence-electron chi connectivity index (χ4n) is 0.536. The first-order valence-electron chi connectivity index (χ1n) is 3.67. The van der Waals surface area contributed by atoms with Gasteiger partial charge in [-0.15, -0.1) is 0 Å². The van der Waals surface area contributed by atoms with Gasteiger partial charge in [-0.05, 0) is 19.0 Å². The van der Waals surface area contributed by atoms with Gasteiger partial charge in [0.05, 0.1) is 6.61 Å². The predicted octanol–water partition coefficient (Wildman–Crippen LogP) is -0.183. The summed E-state index contributed by atoms with van der Waals surface area (Å²) in [5, 5.41) is 3.50. The smallest absolute Gasteiger partial charge is 0.741 e. The molecule has 0 aliphatic carbocycles. The average molecular weight is 266 g/mol. The Labute approximate surface area is 99.0 Å². The molecule has 0 aromatic carbocycles. The molecule has 0 fully saturated rings. The second-order valence-electron chi connectivity index (χ2n) is 2.14. The van der Waals surface area contributed by atoms with Crippen molar-refractivity contribution in [1.29, 1.82) is 0 Å². The molecule has 0 rings (SSSR count). The molecule has 0 aromatic rings. The fraction of sp³-hybridized carbons (Fsp3) is 0.429. The van der Waals surface area contributed by atoms with Gasteiger partial charge in [0.15, 0.2) is 0 Å². The van der Waals surface area contributed by atoms with Crippen molar-refractivity contribution >= 4 is 23.8 Å². The van der Waals surface area contributed by atoms with Crippen LogP contribution in [0.5, 0.6) is 0 Å². The van der Waals surface area contributed by atoms with Gasteiger partial charge in [0.1, 0.15) is 0 Å². The molecule has 0 bridgehead atoms. The van der Waals surface area contributed by atoms with Crippen LogP contribution >= 0.6 is 0 Å². The van der Waals surface area contributed by atoms with Gasteiger partial charge < -0.3 is 23.1 Å². The fourth-order valence-corrected chi connectivity index (χ4v) is 0.582. The van der Waals surface area contributed by atoms with Gasteiger partial charge in [0, 0.05) is 11.8 Å². The molecule has 0 saturated heterocycles. The Bertz CT molecular complexity index is 239. The zero-order chi connectivity index (χ0) is 10.3. The molecular weight excluding hydrogens is 254 g/mol. The SMILES string of the molecule is CCOC(=O)/C=C(/C)N/N=C(/N)[S-].[Cu+]. The molecule has 14 heavy (non-hydrogen) atoms. The molecule has 0 aliphatic heterocycles. The Balaban J connectivity index is 0. The summed E-state index contributed by atoms with van der Waals surface area (Å²) in [6.07, 6.45) is 1.27. The van der Waals surface area contributed by atoms with Crippen LogP contribution in [0.25, 0.3) is 0 Å². The van der Waals surface area contributed by atoms with E-state index in [1.807, 2.05) is 0 Å². The minimum Gasteiger partial charge on any atom is -0.741 e. The Kier molecular flexibility index (Phi) is 9.86. The van der Waals surface area contributed by atoms with Crippen LogP contribution in [0.2, 0.25) is 0 Å². The Hall–Kier alpha value is -0.781. The number of hydrazone groups is 1. The average Bonchev–Trinajstić information content (AvgIpc) is 2.01. The maximum Gasteiger partial charge on any atom is 1.00 e. The van der Waals surface area contributed by atoms with E-state index in [1.54, 1.807) is 13.8 Å². The topological polar surface area (TPSA) is 76.7 Å². The number of nitrogens with one attached hydrogen (secondary N) is 1. The number of nitrogens with zero attached hydrogens (tertiary/aromatic N) is 1. The molecule has 0 heterocycles. The molecule has 0 radical (unpaired) electrons. The van der Waals surface area contributed by atoms with Crippen molar-refractivity contribution in [2.45, 2.75) is 13.8 Å². The minimum absolute atomic E-state index is 0. The van der Waals surface area contributed by atoms with E-state index in [1.165, 1.54) is 6.08 Å². The maximum atomic E-state index is 10.9. The third-order valence-electron chi connectivity index (χ3n) is 0.963. The van der Waals surface area contributed by atoms with E-state index < -0.39 is 5.97 Å². The molecule has 0 atom stereocenters. The van der Waals surface area contributed by atoms with Gasteiger partial charge in [-0.25, -0.2) is 4.79 Å². The molecule has 3 N–H and O–H groups in total. The van der Waals surface area contributed by atoms with Gasteiger partial charge in [0.25, 0.3) is 0 Å². The van der Waals surface area contributed by atoms with Gasteiger partial charge in [0.2, 0.25) is 0 Å². The molecule has 0 amide bonds. The Morgan fingerprint density at radius 1 is 1.71 bits per heavy atom. The first-order valence-corrected chi connectivity index (χ1v) is 4.08. The largest absolute Gasteiger partial charge is 1.00 e. The molecule has 0 saturated carbocycles. The first-order chi connectivity index (χ1) is 6.06. The summed E-state index contributed by atoms with van der Waals surface area (Å²) >= 11 is 4.48. The van der Waals surface area contributed by atoms with Crippen molar-refractivity contribution in [3.8, 4) is 0 Å². The van der Waals surface area contributed by atoms with Crippen molar-refractivity contribution in [3.63, 3.8) is 0 Å². The second-order valence-corrected chi connectivity index (χ2v) is 2.56. The number of amidine groups is 1. The molecule has 0 aliphatic rings. The van der Waals surface area contributed by atoms with Crippen molar-refractivity contribution in [3.05, 3.63) is 11.8 Å². The number of hydrogen-bond donors (Lipinski definition) is 2. The molecular formula is C7H12CuN3O2S. The summed E-state index contributed by atoms with van der Waals surface area (Å²) in [5.74, 6) is -0.425. The van der Waals surface area contributed by atoms with Crippen LogP contribution in [0.3, 0.4) is 0 Å². The van der Waals surface area contributed by atoms with Gasteiger partial charge in [-0.3, -0.25) is 5.43 Å². The van der Waals surface area contributed by atoms with E-state index in [0.717, 1.165) is 0 Å². The zero-order valence-electron chi connectivity index (χ0n) is 7.84. The normalized spacial score (nSPS) is 11.6. The molecule has 0 aromatic heterocycles. The number of allylic oxidation sites excluding steroid dienone is 1. The van der Waals surface area contributed by atoms with Crippen LogP contribution in [0.1, 0.15) is 13.8 Å². The molecule has 5 nitrogen and oxygen atoms in total. The third-order valence-corrected chi connectivity index (χ3v) is 1.05. The number of ether oxygens (including phenoxy) is 1. The number of hydrogen-bond acceptors (Lipinski definition) is 5. The summed E-state index contributed by atoms with van der Waals surface area (Å²) in [7, 11) is 0. The molecule has 7 heteroatoms. The van der Waals surface area contributed by atoms with E-state index in [4.69, 9.17) is 5.73 Å². The van der Waals surface area contributed by atoms with Gasteiger partial charge in [-0.1, -0.05) is 0 Å². The number of carbonyl (C=O) groups excluding carboxylic acids is 1. The summed E-state index contributed by atoms with van der Waals surface area (Å²) in [6.45, 7) is 3.72. The van der Waals surface area contributed by atoms with Crippen LogP contribution in [-0.4, -0.2) is 17.7 Å². The Morgan fingerprint density at radius 2 is 2.29 bits per heavy atom. The monoisotopic (exact) mass is 265 g/mol. The molecule has 0 unspecified atom stereocenters. The minimum atomic E-state index is -0.425. The van der Waals surface area contributed by atoms with Crippen molar-refractivity contribution in [2.75, 3.05) is 6.61 Å². The van der Waals surface area contributed by atoms with E-state index in [2.05, 4.69) is 27.9 Å². The van der Waals surface area contributed by atoms with Gasteiger partial charge in [-0.2, -0.15) is 5.10 Å². The number of carbonyl (C=O) groups is 1. The summed E-state index contributed by atoms with van der Waals surface area (Å²) < 4.78 is 4.66. The quantitative estimate of drug-likeness (QED) is 0.140. The first kappa shape index (κ1) is 15.7.